The van der Waals surface area contributed by atoms with Crippen molar-refractivity contribution >= 4 is 21.8 Å². The van der Waals surface area contributed by atoms with Crippen LogP contribution in [-0.2, 0) is 11.3 Å². The highest BCUT2D eigenvalue weighted by molar-refractivity contribution is 9.10. The highest BCUT2D eigenvalue weighted by Crippen LogP contribution is 2.16. The summed E-state index contributed by atoms with van der Waals surface area (Å²) in [6.45, 7) is 4.50. The highest BCUT2D eigenvalue weighted by atomic mass is 79.9. The molecule has 1 rings (SSSR count). The van der Waals surface area contributed by atoms with Crippen molar-refractivity contribution in [3.05, 3.63) is 22.6 Å². The Hall–Kier alpha value is -0.810. The maximum atomic E-state index is 11.9. The van der Waals surface area contributed by atoms with Crippen LogP contribution in [0.1, 0.15) is 26.0 Å². The molecule has 0 saturated carbocycles. The van der Waals surface area contributed by atoms with Gasteiger partial charge in [0.25, 0.3) is 0 Å². The van der Waals surface area contributed by atoms with Gasteiger partial charge in [0.1, 0.15) is 5.76 Å². The number of nitrogens with two attached hydrogens (primary N) is 1. The van der Waals surface area contributed by atoms with Crippen LogP contribution in [0.2, 0.25) is 0 Å². The SMILES string of the molecule is CC(C)C(N)CC(=O)N(C)Cc1ccc(Br)o1. The van der Waals surface area contributed by atoms with E-state index in [9.17, 15) is 4.79 Å². The van der Waals surface area contributed by atoms with E-state index in [-0.39, 0.29) is 11.9 Å². The third-order valence-electron chi connectivity index (χ3n) is 2.71. The first kappa shape index (κ1) is 14.3. The van der Waals surface area contributed by atoms with E-state index >= 15 is 0 Å². The molecule has 1 aromatic rings. The van der Waals surface area contributed by atoms with Crippen molar-refractivity contribution in [2.45, 2.75) is 32.9 Å². The van der Waals surface area contributed by atoms with Crippen molar-refractivity contribution in [2.24, 2.45) is 11.7 Å². The number of nitrogens with zero attached hydrogens (tertiary/aromatic N) is 1. The molecule has 1 amide bonds. The van der Waals surface area contributed by atoms with E-state index in [1.54, 1.807) is 11.9 Å². The molecule has 1 atom stereocenters. The van der Waals surface area contributed by atoms with Gasteiger partial charge in [-0.25, -0.2) is 0 Å². The summed E-state index contributed by atoms with van der Waals surface area (Å²) in [6.07, 6.45) is 0.371. The van der Waals surface area contributed by atoms with Crippen LogP contribution in [0, 0.1) is 5.92 Å². The van der Waals surface area contributed by atoms with Crippen molar-refractivity contribution in [1.82, 2.24) is 4.90 Å². The lowest BCUT2D eigenvalue weighted by Gasteiger charge is -2.20. The Morgan fingerprint density at radius 2 is 2.18 bits per heavy atom. The molecule has 0 aromatic carbocycles. The Morgan fingerprint density at radius 1 is 1.53 bits per heavy atom. The van der Waals surface area contributed by atoms with Crippen LogP contribution in [0.25, 0.3) is 0 Å². The lowest BCUT2D eigenvalue weighted by molar-refractivity contribution is -0.131. The van der Waals surface area contributed by atoms with Crippen LogP contribution in [0.4, 0.5) is 0 Å². The average molecular weight is 303 g/mol. The predicted octanol–water partition coefficient (Wildman–Crippen LogP) is 2.37. The number of hydrogen-bond acceptors (Lipinski definition) is 3. The third-order valence-corrected chi connectivity index (χ3v) is 3.14. The summed E-state index contributed by atoms with van der Waals surface area (Å²) in [5.74, 6) is 1.11. The van der Waals surface area contributed by atoms with Gasteiger partial charge in [-0.3, -0.25) is 4.79 Å². The molecule has 17 heavy (non-hydrogen) atoms. The fraction of sp³-hybridized carbons (Fsp3) is 0.583. The molecule has 2 N–H and O–H groups in total. The van der Waals surface area contributed by atoms with Crippen LogP contribution in [0.3, 0.4) is 0 Å². The van der Waals surface area contributed by atoms with E-state index in [4.69, 9.17) is 10.2 Å². The topological polar surface area (TPSA) is 59.5 Å². The summed E-state index contributed by atoms with van der Waals surface area (Å²) in [5, 5.41) is 0. The summed E-state index contributed by atoms with van der Waals surface area (Å²) >= 11 is 3.23. The molecule has 0 aliphatic heterocycles. The summed E-state index contributed by atoms with van der Waals surface area (Å²) < 4.78 is 6.02. The minimum atomic E-state index is -0.0895. The number of amides is 1. The van der Waals surface area contributed by atoms with Crippen molar-refractivity contribution in [2.75, 3.05) is 7.05 Å². The van der Waals surface area contributed by atoms with Crippen LogP contribution < -0.4 is 5.73 Å². The molecule has 1 unspecified atom stereocenters. The van der Waals surface area contributed by atoms with E-state index in [0.29, 0.717) is 23.6 Å². The molecule has 1 heterocycles. The average Bonchev–Trinajstić information content (AvgIpc) is 2.63. The predicted molar refractivity (Wildman–Crippen MR) is 70.3 cm³/mol. The second kappa shape index (κ2) is 6.21. The zero-order valence-electron chi connectivity index (χ0n) is 10.4. The van der Waals surface area contributed by atoms with Gasteiger partial charge in [0, 0.05) is 19.5 Å². The van der Waals surface area contributed by atoms with Gasteiger partial charge in [-0.1, -0.05) is 13.8 Å². The fourth-order valence-corrected chi connectivity index (χ4v) is 1.69. The largest absolute Gasteiger partial charge is 0.452 e. The standard InChI is InChI=1S/C12H19BrN2O2/c1-8(2)10(14)6-12(16)15(3)7-9-4-5-11(13)17-9/h4-5,8,10H,6-7,14H2,1-3H3. The number of carbonyl (C=O) groups is 1. The second-order valence-corrected chi connectivity index (χ2v) is 5.35. The third kappa shape index (κ3) is 4.52. The van der Waals surface area contributed by atoms with Crippen molar-refractivity contribution in [3.8, 4) is 0 Å². The Labute approximate surface area is 110 Å². The van der Waals surface area contributed by atoms with Crippen LogP contribution >= 0.6 is 15.9 Å². The summed E-state index contributed by atoms with van der Waals surface area (Å²) in [5.41, 5.74) is 5.87. The van der Waals surface area contributed by atoms with Gasteiger partial charge in [-0.2, -0.15) is 0 Å². The van der Waals surface area contributed by atoms with E-state index in [0.717, 1.165) is 5.76 Å². The van der Waals surface area contributed by atoms with Crippen LogP contribution in [-0.4, -0.2) is 23.9 Å². The van der Waals surface area contributed by atoms with E-state index in [1.165, 1.54) is 0 Å². The Bertz CT molecular complexity index is 376. The van der Waals surface area contributed by atoms with Gasteiger partial charge < -0.3 is 15.1 Å². The van der Waals surface area contributed by atoms with Gasteiger partial charge in [0.2, 0.25) is 5.91 Å². The van der Waals surface area contributed by atoms with E-state index in [1.807, 2.05) is 26.0 Å². The number of rotatable bonds is 5. The number of carbonyl (C=O) groups excluding carboxylic acids is 1. The van der Waals surface area contributed by atoms with Crippen LogP contribution in [0.5, 0.6) is 0 Å². The van der Waals surface area contributed by atoms with Gasteiger partial charge in [-0.15, -0.1) is 0 Å². The minimum absolute atomic E-state index is 0.0405. The monoisotopic (exact) mass is 302 g/mol. The molecular formula is C12H19BrN2O2. The molecular weight excluding hydrogens is 284 g/mol. The first-order valence-corrected chi connectivity index (χ1v) is 6.43. The van der Waals surface area contributed by atoms with Crippen molar-refractivity contribution in [3.63, 3.8) is 0 Å². The Morgan fingerprint density at radius 3 is 2.65 bits per heavy atom. The normalized spacial score (nSPS) is 12.8. The quantitative estimate of drug-likeness (QED) is 0.908. The zero-order chi connectivity index (χ0) is 13.0. The first-order valence-electron chi connectivity index (χ1n) is 5.64. The minimum Gasteiger partial charge on any atom is -0.452 e. The second-order valence-electron chi connectivity index (χ2n) is 4.57. The summed E-state index contributed by atoms with van der Waals surface area (Å²) in [7, 11) is 1.76. The summed E-state index contributed by atoms with van der Waals surface area (Å²) in [6, 6.07) is 3.57. The molecule has 0 spiro atoms. The number of halogens is 1. The lowest BCUT2D eigenvalue weighted by Crippen LogP contribution is -2.35. The highest BCUT2D eigenvalue weighted by Gasteiger charge is 2.17. The van der Waals surface area contributed by atoms with Crippen LogP contribution in [0.15, 0.2) is 21.2 Å². The molecule has 0 bridgehead atoms. The molecule has 96 valence electrons. The molecule has 4 nitrogen and oxygen atoms in total. The van der Waals surface area contributed by atoms with Gasteiger partial charge in [0.05, 0.1) is 6.54 Å². The molecule has 0 fully saturated rings. The Balaban J connectivity index is 2.47. The van der Waals surface area contributed by atoms with Crippen molar-refractivity contribution in [1.29, 1.82) is 0 Å². The maximum Gasteiger partial charge on any atom is 0.224 e. The molecule has 0 aliphatic rings. The molecule has 0 aliphatic carbocycles. The molecule has 5 heteroatoms. The number of hydrogen-bond donors (Lipinski definition) is 1. The molecule has 0 radical (unpaired) electrons. The smallest absolute Gasteiger partial charge is 0.224 e. The summed E-state index contributed by atoms with van der Waals surface area (Å²) in [4.78, 5) is 13.5. The molecule has 1 aromatic heterocycles. The van der Waals surface area contributed by atoms with E-state index < -0.39 is 0 Å². The Kier molecular flexibility index (Phi) is 5.21. The molecule has 0 saturated heterocycles. The fourth-order valence-electron chi connectivity index (χ4n) is 1.35. The van der Waals surface area contributed by atoms with Gasteiger partial charge >= 0.3 is 0 Å². The van der Waals surface area contributed by atoms with Crippen molar-refractivity contribution < 1.29 is 9.21 Å². The van der Waals surface area contributed by atoms with Gasteiger partial charge in [0.15, 0.2) is 4.67 Å². The van der Waals surface area contributed by atoms with Gasteiger partial charge in [-0.05, 0) is 34.0 Å². The lowest BCUT2D eigenvalue weighted by atomic mass is 10.0. The number of furan rings is 1. The maximum absolute atomic E-state index is 11.9. The van der Waals surface area contributed by atoms with E-state index in [2.05, 4.69) is 15.9 Å². The first-order chi connectivity index (χ1) is 7.90. The zero-order valence-corrected chi connectivity index (χ0v) is 12.0.